The van der Waals surface area contributed by atoms with Crippen molar-refractivity contribution < 1.29 is 9.53 Å². The third-order valence-electron chi connectivity index (χ3n) is 2.87. The Balaban J connectivity index is 2.43. The predicted octanol–water partition coefficient (Wildman–Crippen LogP) is 3.17. The third kappa shape index (κ3) is 2.01. The van der Waals surface area contributed by atoms with Gasteiger partial charge in [0.15, 0.2) is 5.78 Å². The minimum atomic E-state index is 0.0839. The molecular formula is C14H16O2. The predicted molar refractivity (Wildman–Crippen MR) is 64.7 cm³/mol. The van der Waals surface area contributed by atoms with Gasteiger partial charge < -0.3 is 4.74 Å². The molecule has 2 heteroatoms. The van der Waals surface area contributed by atoms with E-state index < -0.39 is 0 Å². The van der Waals surface area contributed by atoms with Gasteiger partial charge in [-0.15, -0.1) is 0 Å². The Hall–Kier alpha value is -1.57. The summed E-state index contributed by atoms with van der Waals surface area (Å²) in [5.41, 5.74) is 3.03. The van der Waals surface area contributed by atoms with Crippen molar-refractivity contribution in [2.45, 2.75) is 26.7 Å². The minimum Gasteiger partial charge on any atom is -0.488 e. The summed E-state index contributed by atoms with van der Waals surface area (Å²) < 4.78 is 5.54. The lowest BCUT2D eigenvalue weighted by Gasteiger charge is -2.18. The Labute approximate surface area is 95.9 Å². The topological polar surface area (TPSA) is 26.3 Å². The number of hydrogen-bond acceptors (Lipinski definition) is 2. The van der Waals surface area contributed by atoms with Crippen molar-refractivity contribution in [1.29, 1.82) is 0 Å². The lowest BCUT2D eigenvalue weighted by Crippen LogP contribution is -2.12. The third-order valence-corrected chi connectivity index (χ3v) is 2.87. The molecule has 84 valence electrons. The molecule has 0 N–H and O–H groups in total. The van der Waals surface area contributed by atoms with Crippen LogP contribution in [-0.2, 0) is 4.79 Å². The second-order valence-electron chi connectivity index (χ2n) is 4.47. The Morgan fingerprint density at radius 1 is 1.38 bits per heavy atom. The molecule has 0 bridgehead atoms. The van der Waals surface area contributed by atoms with Crippen molar-refractivity contribution in [3.8, 4) is 5.75 Å². The van der Waals surface area contributed by atoms with Gasteiger partial charge in [0.05, 0.1) is 0 Å². The maximum Gasteiger partial charge on any atom is 0.159 e. The average molecular weight is 216 g/mol. The van der Waals surface area contributed by atoms with E-state index in [9.17, 15) is 4.79 Å². The molecule has 0 radical (unpaired) electrons. The zero-order valence-corrected chi connectivity index (χ0v) is 9.91. The summed E-state index contributed by atoms with van der Waals surface area (Å²) in [6.45, 7) is 6.28. The van der Waals surface area contributed by atoms with Crippen LogP contribution in [0.2, 0.25) is 0 Å². The molecule has 0 saturated carbocycles. The molecule has 2 nitrogen and oxygen atoms in total. The van der Waals surface area contributed by atoms with Crippen LogP contribution in [0.3, 0.4) is 0 Å². The Morgan fingerprint density at radius 3 is 2.75 bits per heavy atom. The van der Waals surface area contributed by atoms with Gasteiger partial charge in [0, 0.05) is 11.1 Å². The smallest absolute Gasteiger partial charge is 0.159 e. The van der Waals surface area contributed by atoms with Gasteiger partial charge in [0.2, 0.25) is 0 Å². The largest absolute Gasteiger partial charge is 0.488 e. The first kappa shape index (κ1) is 10.9. The molecule has 0 amide bonds. The first-order chi connectivity index (χ1) is 7.58. The number of carbonyl (C=O) groups excluding carboxylic acids is 1. The van der Waals surface area contributed by atoms with E-state index in [0.29, 0.717) is 12.5 Å². The number of fused-ring (bicyclic) bond motifs is 1. The zero-order valence-electron chi connectivity index (χ0n) is 9.91. The molecule has 2 rings (SSSR count). The number of rotatable bonds is 2. The van der Waals surface area contributed by atoms with E-state index >= 15 is 0 Å². The summed E-state index contributed by atoms with van der Waals surface area (Å²) in [5, 5.41) is 0. The fourth-order valence-electron chi connectivity index (χ4n) is 1.76. The highest BCUT2D eigenvalue weighted by Gasteiger charge is 2.15. The van der Waals surface area contributed by atoms with Crippen LogP contribution < -0.4 is 4.74 Å². The highest BCUT2D eigenvalue weighted by Crippen LogP contribution is 2.29. The summed E-state index contributed by atoms with van der Waals surface area (Å²) in [4.78, 5) is 11.3. The summed E-state index contributed by atoms with van der Waals surface area (Å²) >= 11 is 0. The second-order valence-corrected chi connectivity index (χ2v) is 4.47. The zero-order chi connectivity index (χ0) is 11.7. The molecule has 1 aliphatic rings. The monoisotopic (exact) mass is 216 g/mol. The van der Waals surface area contributed by atoms with Crippen LogP contribution in [0.25, 0.3) is 6.08 Å². The number of Topliss-reactive ketones (excluding diaryl/α,β-unsaturated/α-hetero) is 1. The average Bonchev–Trinajstić information content (AvgIpc) is 2.27. The van der Waals surface area contributed by atoms with Crippen molar-refractivity contribution in [2.24, 2.45) is 0 Å². The normalized spacial score (nSPS) is 14.1. The molecule has 0 fully saturated rings. The Morgan fingerprint density at radius 2 is 2.12 bits per heavy atom. The van der Waals surface area contributed by atoms with Gasteiger partial charge in [-0.3, -0.25) is 4.79 Å². The van der Waals surface area contributed by atoms with Crippen LogP contribution in [0.15, 0.2) is 23.8 Å². The maximum atomic E-state index is 11.3. The fraction of sp³-hybridized carbons (Fsp3) is 0.357. The molecule has 0 spiro atoms. The van der Waals surface area contributed by atoms with Gasteiger partial charge in [0.25, 0.3) is 0 Å². The van der Waals surface area contributed by atoms with Crippen molar-refractivity contribution in [3.05, 3.63) is 34.9 Å². The molecule has 1 aromatic carbocycles. The first-order valence-electron chi connectivity index (χ1n) is 5.56. The van der Waals surface area contributed by atoms with Crippen LogP contribution in [0.1, 0.15) is 37.8 Å². The molecular weight excluding hydrogens is 200 g/mol. The number of ketones is 1. The molecule has 0 aliphatic carbocycles. The lowest BCUT2D eigenvalue weighted by molar-refractivity contribution is -0.113. The van der Waals surface area contributed by atoms with E-state index in [1.165, 1.54) is 5.56 Å². The van der Waals surface area contributed by atoms with E-state index in [1.54, 1.807) is 6.92 Å². The van der Waals surface area contributed by atoms with E-state index in [0.717, 1.165) is 16.9 Å². The first-order valence-corrected chi connectivity index (χ1v) is 5.56. The standard InChI is InChI=1S/C14H16O2/c1-9(2)11-4-5-14-12(6-11)7-13(8-16-14)10(3)15/h4-7,9H,8H2,1-3H3. The van der Waals surface area contributed by atoms with Gasteiger partial charge in [-0.2, -0.15) is 0 Å². The number of benzene rings is 1. The highest BCUT2D eigenvalue weighted by molar-refractivity contribution is 5.99. The van der Waals surface area contributed by atoms with Gasteiger partial charge in [-0.25, -0.2) is 0 Å². The maximum absolute atomic E-state index is 11.3. The number of hydrogen-bond donors (Lipinski definition) is 0. The molecule has 1 aliphatic heterocycles. The van der Waals surface area contributed by atoms with Crippen LogP contribution in [0, 0.1) is 0 Å². The SMILES string of the molecule is CC(=O)C1=Cc2cc(C(C)C)ccc2OC1. The molecule has 0 saturated heterocycles. The Kier molecular flexibility index (Phi) is 2.82. The quantitative estimate of drug-likeness (QED) is 0.759. The van der Waals surface area contributed by atoms with Crippen LogP contribution >= 0.6 is 0 Å². The van der Waals surface area contributed by atoms with Crippen LogP contribution in [-0.4, -0.2) is 12.4 Å². The summed E-state index contributed by atoms with van der Waals surface area (Å²) in [6, 6.07) is 6.16. The van der Waals surface area contributed by atoms with E-state index in [4.69, 9.17) is 4.74 Å². The summed E-state index contributed by atoms with van der Waals surface area (Å²) in [5.74, 6) is 1.44. The summed E-state index contributed by atoms with van der Waals surface area (Å²) in [7, 11) is 0. The lowest BCUT2D eigenvalue weighted by atomic mass is 9.97. The second kappa shape index (κ2) is 4.12. The van der Waals surface area contributed by atoms with Crippen molar-refractivity contribution in [2.75, 3.05) is 6.61 Å². The summed E-state index contributed by atoms with van der Waals surface area (Å²) in [6.07, 6.45) is 1.94. The molecule has 16 heavy (non-hydrogen) atoms. The van der Waals surface area contributed by atoms with Crippen molar-refractivity contribution >= 4 is 11.9 Å². The van der Waals surface area contributed by atoms with Gasteiger partial charge >= 0.3 is 0 Å². The van der Waals surface area contributed by atoms with Crippen molar-refractivity contribution in [1.82, 2.24) is 0 Å². The van der Waals surface area contributed by atoms with E-state index in [-0.39, 0.29) is 5.78 Å². The van der Waals surface area contributed by atoms with Gasteiger partial charge in [-0.05, 0) is 36.6 Å². The highest BCUT2D eigenvalue weighted by atomic mass is 16.5. The van der Waals surface area contributed by atoms with E-state index in [1.807, 2.05) is 12.1 Å². The number of ether oxygens (including phenoxy) is 1. The molecule has 0 atom stereocenters. The van der Waals surface area contributed by atoms with E-state index in [2.05, 4.69) is 26.0 Å². The molecule has 1 aromatic rings. The van der Waals surface area contributed by atoms with Crippen molar-refractivity contribution in [3.63, 3.8) is 0 Å². The number of carbonyl (C=O) groups is 1. The van der Waals surface area contributed by atoms with Gasteiger partial charge in [0.1, 0.15) is 12.4 Å². The fourth-order valence-corrected chi connectivity index (χ4v) is 1.76. The molecule has 0 aromatic heterocycles. The van der Waals surface area contributed by atoms with Crippen LogP contribution in [0.5, 0.6) is 5.75 Å². The Bertz CT molecular complexity index is 456. The molecule has 0 unspecified atom stereocenters. The van der Waals surface area contributed by atoms with Crippen LogP contribution in [0.4, 0.5) is 0 Å². The molecule has 1 heterocycles. The van der Waals surface area contributed by atoms with Gasteiger partial charge in [-0.1, -0.05) is 19.9 Å². The minimum absolute atomic E-state index is 0.0839.